The zero-order valence-corrected chi connectivity index (χ0v) is 17.1. The lowest BCUT2D eigenvalue weighted by atomic mass is 9.76. The summed E-state index contributed by atoms with van der Waals surface area (Å²) in [5.74, 6) is 0.521. The maximum absolute atomic E-state index is 12.6. The van der Waals surface area contributed by atoms with Gasteiger partial charge in [0.1, 0.15) is 0 Å². The highest BCUT2D eigenvalue weighted by Crippen LogP contribution is 2.38. The van der Waals surface area contributed by atoms with Crippen molar-refractivity contribution < 1.29 is 9.72 Å². The molecule has 0 radical (unpaired) electrons. The van der Waals surface area contributed by atoms with Crippen LogP contribution in [0.4, 0.5) is 5.69 Å². The predicted molar refractivity (Wildman–Crippen MR) is 114 cm³/mol. The molecule has 154 valence electrons. The molecule has 1 aliphatic rings. The normalized spacial score (nSPS) is 15.7. The Kier molecular flexibility index (Phi) is 6.99. The van der Waals surface area contributed by atoms with Gasteiger partial charge in [-0.15, -0.1) is 0 Å². The molecule has 29 heavy (non-hydrogen) atoms. The van der Waals surface area contributed by atoms with Crippen LogP contribution in [0, 0.1) is 16.0 Å². The van der Waals surface area contributed by atoms with Crippen LogP contribution in [0.25, 0.3) is 0 Å². The third-order valence-electron chi connectivity index (χ3n) is 5.86. The van der Waals surface area contributed by atoms with Crippen molar-refractivity contribution in [1.29, 1.82) is 0 Å². The number of nitro groups is 1. The summed E-state index contributed by atoms with van der Waals surface area (Å²) in [5.41, 5.74) is 2.87. The van der Waals surface area contributed by atoms with Crippen LogP contribution in [0.1, 0.15) is 54.1 Å². The second-order valence-corrected chi connectivity index (χ2v) is 7.52. The fourth-order valence-electron chi connectivity index (χ4n) is 4.27. The van der Waals surface area contributed by atoms with E-state index in [4.69, 9.17) is 0 Å². The standard InChI is InChI=1S/C23H29N3O3/c1-3-25(4-2)23(27)19-10-8-17(9-11-19)22(18-12-14-24-15-13-18)20-6-5-7-21(16-20)26(28)29/h5-11,16,18,22,24H,3-4,12-15H2,1-2H3. The molecule has 1 N–H and O–H groups in total. The number of hydrogen-bond acceptors (Lipinski definition) is 4. The Morgan fingerprint density at radius 1 is 1.10 bits per heavy atom. The van der Waals surface area contributed by atoms with Crippen LogP contribution >= 0.6 is 0 Å². The molecule has 1 saturated heterocycles. The molecule has 2 aromatic rings. The Balaban J connectivity index is 1.95. The van der Waals surface area contributed by atoms with E-state index in [9.17, 15) is 14.9 Å². The molecule has 0 spiro atoms. The highest BCUT2D eigenvalue weighted by Gasteiger charge is 2.28. The van der Waals surface area contributed by atoms with Crippen molar-refractivity contribution in [2.45, 2.75) is 32.6 Å². The number of nitrogens with zero attached hydrogens (tertiary/aromatic N) is 2. The van der Waals surface area contributed by atoms with Crippen LogP contribution in [0.2, 0.25) is 0 Å². The van der Waals surface area contributed by atoms with Gasteiger partial charge in [0, 0.05) is 36.7 Å². The van der Waals surface area contributed by atoms with Crippen molar-refractivity contribution in [2.24, 2.45) is 5.92 Å². The summed E-state index contributed by atoms with van der Waals surface area (Å²) in [7, 11) is 0. The summed E-state index contributed by atoms with van der Waals surface area (Å²) in [6.07, 6.45) is 2.04. The first kappa shape index (κ1) is 21.0. The van der Waals surface area contributed by atoms with Gasteiger partial charge in [0.2, 0.25) is 0 Å². The zero-order chi connectivity index (χ0) is 20.8. The molecular formula is C23H29N3O3. The molecule has 0 aromatic heterocycles. The van der Waals surface area contributed by atoms with Crippen LogP contribution in [0.3, 0.4) is 0 Å². The minimum atomic E-state index is -0.338. The minimum absolute atomic E-state index is 0.0373. The Labute approximate surface area is 172 Å². The van der Waals surface area contributed by atoms with E-state index in [1.807, 2.05) is 44.2 Å². The lowest BCUT2D eigenvalue weighted by molar-refractivity contribution is -0.384. The smallest absolute Gasteiger partial charge is 0.269 e. The quantitative estimate of drug-likeness (QED) is 0.563. The Bertz CT molecular complexity index is 841. The zero-order valence-electron chi connectivity index (χ0n) is 17.1. The summed E-state index contributed by atoms with van der Waals surface area (Å²) in [6, 6.07) is 14.8. The van der Waals surface area contributed by atoms with E-state index in [1.165, 1.54) is 6.07 Å². The number of non-ortho nitro benzene ring substituents is 1. The van der Waals surface area contributed by atoms with E-state index in [0.717, 1.165) is 37.1 Å². The van der Waals surface area contributed by atoms with Gasteiger partial charge in [0.15, 0.2) is 0 Å². The van der Waals surface area contributed by atoms with Gasteiger partial charge in [-0.1, -0.05) is 24.3 Å². The average Bonchev–Trinajstić information content (AvgIpc) is 2.76. The van der Waals surface area contributed by atoms with E-state index in [1.54, 1.807) is 17.0 Å². The first-order chi connectivity index (χ1) is 14.0. The highest BCUT2D eigenvalue weighted by molar-refractivity contribution is 5.94. The third-order valence-corrected chi connectivity index (χ3v) is 5.86. The van der Waals surface area contributed by atoms with Crippen LogP contribution in [-0.4, -0.2) is 41.9 Å². The fraction of sp³-hybridized carbons (Fsp3) is 0.435. The van der Waals surface area contributed by atoms with Gasteiger partial charge in [-0.25, -0.2) is 0 Å². The SMILES string of the molecule is CCN(CC)C(=O)c1ccc(C(c2cccc([N+](=O)[O-])c2)C2CCNCC2)cc1. The number of carbonyl (C=O) groups is 1. The van der Waals surface area contributed by atoms with Crippen molar-refractivity contribution in [3.63, 3.8) is 0 Å². The number of hydrogen-bond donors (Lipinski definition) is 1. The molecule has 1 amide bonds. The lowest BCUT2D eigenvalue weighted by Crippen LogP contribution is -2.31. The molecule has 6 heteroatoms. The summed E-state index contributed by atoms with van der Waals surface area (Å²) in [4.78, 5) is 25.4. The van der Waals surface area contributed by atoms with Crippen molar-refractivity contribution in [3.05, 3.63) is 75.3 Å². The summed E-state index contributed by atoms with van der Waals surface area (Å²) < 4.78 is 0. The van der Waals surface area contributed by atoms with Crippen molar-refractivity contribution >= 4 is 11.6 Å². The van der Waals surface area contributed by atoms with Gasteiger partial charge < -0.3 is 10.2 Å². The van der Waals surface area contributed by atoms with E-state index in [-0.39, 0.29) is 22.4 Å². The molecule has 1 unspecified atom stereocenters. The van der Waals surface area contributed by atoms with E-state index in [0.29, 0.717) is 24.6 Å². The summed E-state index contributed by atoms with van der Waals surface area (Å²) >= 11 is 0. The predicted octanol–water partition coefficient (Wildman–Crippen LogP) is 4.21. The number of amides is 1. The second-order valence-electron chi connectivity index (χ2n) is 7.52. The van der Waals surface area contributed by atoms with Crippen molar-refractivity contribution in [1.82, 2.24) is 10.2 Å². The van der Waals surface area contributed by atoms with Gasteiger partial charge in [-0.05, 0) is 69.0 Å². The Morgan fingerprint density at radius 3 is 2.34 bits per heavy atom. The molecule has 1 aliphatic heterocycles. The first-order valence-electron chi connectivity index (χ1n) is 10.4. The van der Waals surface area contributed by atoms with Gasteiger partial charge in [-0.3, -0.25) is 14.9 Å². The molecule has 6 nitrogen and oxygen atoms in total. The first-order valence-corrected chi connectivity index (χ1v) is 10.4. The largest absolute Gasteiger partial charge is 0.339 e. The number of carbonyl (C=O) groups excluding carboxylic acids is 1. The molecule has 3 rings (SSSR count). The maximum atomic E-state index is 12.6. The lowest BCUT2D eigenvalue weighted by Gasteiger charge is -2.31. The molecule has 1 atom stereocenters. The van der Waals surface area contributed by atoms with Crippen LogP contribution in [-0.2, 0) is 0 Å². The summed E-state index contributed by atoms with van der Waals surface area (Å²) in [6.45, 7) is 7.23. The van der Waals surface area contributed by atoms with Gasteiger partial charge in [0.05, 0.1) is 4.92 Å². The number of nitrogens with one attached hydrogen (secondary N) is 1. The molecule has 1 heterocycles. The topological polar surface area (TPSA) is 75.5 Å². The molecule has 0 bridgehead atoms. The Morgan fingerprint density at radius 2 is 1.76 bits per heavy atom. The van der Waals surface area contributed by atoms with E-state index >= 15 is 0 Å². The van der Waals surface area contributed by atoms with Crippen molar-refractivity contribution in [2.75, 3.05) is 26.2 Å². The monoisotopic (exact) mass is 395 g/mol. The molecular weight excluding hydrogens is 366 g/mol. The molecule has 0 aliphatic carbocycles. The number of piperidine rings is 1. The maximum Gasteiger partial charge on any atom is 0.269 e. The Hall–Kier alpha value is -2.73. The van der Waals surface area contributed by atoms with E-state index in [2.05, 4.69) is 5.32 Å². The minimum Gasteiger partial charge on any atom is -0.339 e. The number of benzene rings is 2. The summed E-state index contributed by atoms with van der Waals surface area (Å²) in [5, 5.41) is 14.7. The van der Waals surface area contributed by atoms with Gasteiger partial charge in [0.25, 0.3) is 11.6 Å². The molecule has 2 aromatic carbocycles. The van der Waals surface area contributed by atoms with Crippen LogP contribution < -0.4 is 5.32 Å². The van der Waals surface area contributed by atoms with Gasteiger partial charge in [-0.2, -0.15) is 0 Å². The fourth-order valence-corrected chi connectivity index (χ4v) is 4.27. The highest BCUT2D eigenvalue weighted by atomic mass is 16.6. The molecule has 0 saturated carbocycles. The number of rotatable bonds is 7. The van der Waals surface area contributed by atoms with Crippen molar-refractivity contribution in [3.8, 4) is 0 Å². The van der Waals surface area contributed by atoms with Gasteiger partial charge >= 0.3 is 0 Å². The van der Waals surface area contributed by atoms with E-state index < -0.39 is 0 Å². The third kappa shape index (κ3) is 4.82. The molecule has 1 fully saturated rings. The van der Waals surface area contributed by atoms with Crippen LogP contribution in [0.15, 0.2) is 48.5 Å². The average molecular weight is 396 g/mol. The number of nitro benzene ring substituents is 1. The van der Waals surface area contributed by atoms with Crippen LogP contribution in [0.5, 0.6) is 0 Å². The second kappa shape index (κ2) is 9.65.